The molecule has 1 fully saturated rings. The lowest BCUT2D eigenvalue weighted by Gasteiger charge is -2.28. The van der Waals surface area contributed by atoms with Gasteiger partial charge in [0.25, 0.3) is 0 Å². The molecule has 0 radical (unpaired) electrons. The van der Waals surface area contributed by atoms with Crippen LogP contribution in [-0.2, 0) is 22.7 Å². The SMILES string of the molecule is Cc1cccc(N(Cc2ccccc2)C(=O)CN2CCC[C@H]2C(=O)NCc2ccco2)c1. The van der Waals surface area contributed by atoms with Crippen molar-refractivity contribution in [2.24, 2.45) is 0 Å². The summed E-state index contributed by atoms with van der Waals surface area (Å²) in [7, 11) is 0. The van der Waals surface area contributed by atoms with E-state index in [1.807, 2.05) is 77.4 Å². The maximum atomic E-state index is 13.5. The highest BCUT2D eigenvalue weighted by atomic mass is 16.3. The van der Waals surface area contributed by atoms with E-state index in [4.69, 9.17) is 4.42 Å². The molecule has 4 rings (SSSR count). The standard InChI is InChI=1S/C26H29N3O3/c1-20-8-5-11-22(16-20)29(18-21-9-3-2-4-10-21)25(30)19-28-14-6-13-24(28)26(31)27-17-23-12-7-15-32-23/h2-5,7-12,15-16,24H,6,13-14,17-19H2,1H3,(H,27,31)/t24-/m0/s1. The van der Waals surface area contributed by atoms with Gasteiger partial charge in [0, 0.05) is 5.69 Å². The van der Waals surface area contributed by atoms with Crippen LogP contribution < -0.4 is 10.2 Å². The van der Waals surface area contributed by atoms with Gasteiger partial charge in [-0.15, -0.1) is 0 Å². The molecule has 1 N–H and O–H groups in total. The zero-order valence-electron chi connectivity index (χ0n) is 18.4. The van der Waals surface area contributed by atoms with E-state index in [1.54, 1.807) is 12.3 Å². The van der Waals surface area contributed by atoms with E-state index in [0.717, 1.165) is 36.2 Å². The fraction of sp³-hybridized carbons (Fsp3) is 0.308. The molecular formula is C26H29N3O3. The number of carbonyl (C=O) groups is 2. The molecule has 0 bridgehead atoms. The first-order chi connectivity index (χ1) is 15.6. The molecule has 32 heavy (non-hydrogen) atoms. The van der Waals surface area contributed by atoms with Gasteiger partial charge in [-0.1, -0.05) is 42.5 Å². The Balaban J connectivity index is 1.46. The minimum Gasteiger partial charge on any atom is -0.467 e. The van der Waals surface area contributed by atoms with Crippen LogP contribution in [0.15, 0.2) is 77.4 Å². The van der Waals surface area contributed by atoms with Crippen molar-refractivity contribution in [1.29, 1.82) is 0 Å². The average molecular weight is 432 g/mol. The van der Waals surface area contributed by atoms with Crippen molar-refractivity contribution in [3.8, 4) is 0 Å². The van der Waals surface area contributed by atoms with E-state index in [9.17, 15) is 9.59 Å². The Bertz CT molecular complexity index is 1030. The van der Waals surface area contributed by atoms with Crippen molar-refractivity contribution in [2.75, 3.05) is 18.0 Å². The van der Waals surface area contributed by atoms with Gasteiger partial charge in [-0.05, 0) is 61.7 Å². The van der Waals surface area contributed by atoms with Crippen molar-refractivity contribution < 1.29 is 14.0 Å². The fourth-order valence-electron chi connectivity index (χ4n) is 4.16. The van der Waals surface area contributed by atoms with Gasteiger partial charge in [0.1, 0.15) is 5.76 Å². The van der Waals surface area contributed by atoms with Gasteiger partial charge < -0.3 is 14.6 Å². The predicted molar refractivity (Wildman–Crippen MR) is 124 cm³/mol. The maximum absolute atomic E-state index is 13.5. The van der Waals surface area contributed by atoms with Gasteiger partial charge in [0.05, 0.1) is 31.9 Å². The Morgan fingerprint density at radius 3 is 2.69 bits per heavy atom. The van der Waals surface area contributed by atoms with E-state index in [-0.39, 0.29) is 24.4 Å². The van der Waals surface area contributed by atoms with Crippen LogP contribution in [0.5, 0.6) is 0 Å². The monoisotopic (exact) mass is 431 g/mol. The fourth-order valence-corrected chi connectivity index (χ4v) is 4.16. The Morgan fingerprint density at radius 1 is 1.09 bits per heavy atom. The summed E-state index contributed by atoms with van der Waals surface area (Å²) < 4.78 is 5.30. The number of benzene rings is 2. The quantitative estimate of drug-likeness (QED) is 0.587. The molecule has 6 heteroatoms. The molecule has 0 unspecified atom stereocenters. The first kappa shape index (κ1) is 21.8. The van der Waals surface area contributed by atoms with Crippen molar-refractivity contribution in [3.05, 3.63) is 89.9 Å². The van der Waals surface area contributed by atoms with E-state index < -0.39 is 0 Å². The summed E-state index contributed by atoms with van der Waals surface area (Å²) in [5.41, 5.74) is 3.04. The molecule has 1 saturated heterocycles. The van der Waals surface area contributed by atoms with E-state index >= 15 is 0 Å². The van der Waals surface area contributed by atoms with E-state index in [1.165, 1.54) is 0 Å². The largest absolute Gasteiger partial charge is 0.467 e. The van der Waals surface area contributed by atoms with Crippen LogP contribution in [-0.4, -0.2) is 35.8 Å². The molecule has 0 saturated carbocycles. The summed E-state index contributed by atoms with van der Waals surface area (Å²) in [6.45, 7) is 3.81. The first-order valence-corrected chi connectivity index (χ1v) is 11.1. The second-order valence-electron chi connectivity index (χ2n) is 8.23. The molecule has 2 heterocycles. The van der Waals surface area contributed by atoms with Crippen LogP contribution in [0.1, 0.15) is 29.7 Å². The molecule has 1 aliphatic heterocycles. The summed E-state index contributed by atoms with van der Waals surface area (Å²) in [5.74, 6) is 0.648. The lowest BCUT2D eigenvalue weighted by molar-refractivity contribution is -0.127. The lowest BCUT2D eigenvalue weighted by Crippen LogP contribution is -2.47. The second-order valence-corrected chi connectivity index (χ2v) is 8.23. The highest BCUT2D eigenvalue weighted by Crippen LogP contribution is 2.22. The van der Waals surface area contributed by atoms with Gasteiger partial charge in [0.2, 0.25) is 11.8 Å². The number of nitrogens with one attached hydrogen (secondary N) is 1. The highest BCUT2D eigenvalue weighted by molar-refractivity contribution is 5.95. The minimum atomic E-state index is -0.301. The van der Waals surface area contributed by atoms with Crippen LogP contribution in [0.2, 0.25) is 0 Å². The normalized spacial score (nSPS) is 16.1. The zero-order chi connectivity index (χ0) is 22.3. The van der Waals surface area contributed by atoms with Crippen LogP contribution >= 0.6 is 0 Å². The number of carbonyl (C=O) groups excluding carboxylic acids is 2. The Hall–Kier alpha value is -3.38. The molecule has 0 spiro atoms. The van der Waals surface area contributed by atoms with Gasteiger partial charge in [-0.25, -0.2) is 0 Å². The summed E-state index contributed by atoms with van der Waals surface area (Å²) in [6.07, 6.45) is 3.24. The number of anilines is 1. The second kappa shape index (κ2) is 10.3. The van der Waals surface area contributed by atoms with Gasteiger partial charge in [0.15, 0.2) is 0 Å². The highest BCUT2D eigenvalue weighted by Gasteiger charge is 2.33. The minimum absolute atomic E-state index is 0.00909. The summed E-state index contributed by atoms with van der Waals surface area (Å²) in [6, 6.07) is 21.3. The molecule has 2 amide bonds. The number of furan rings is 1. The van der Waals surface area contributed by atoms with Gasteiger partial charge >= 0.3 is 0 Å². The zero-order valence-corrected chi connectivity index (χ0v) is 18.4. The number of nitrogens with zero attached hydrogens (tertiary/aromatic N) is 2. The molecule has 3 aromatic rings. The lowest BCUT2D eigenvalue weighted by atomic mass is 10.1. The molecule has 166 valence electrons. The first-order valence-electron chi connectivity index (χ1n) is 11.1. The maximum Gasteiger partial charge on any atom is 0.241 e. The van der Waals surface area contributed by atoms with Crippen LogP contribution in [0.4, 0.5) is 5.69 Å². The summed E-state index contributed by atoms with van der Waals surface area (Å²) >= 11 is 0. The number of hydrogen-bond acceptors (Lipinski definition) is 4. The number of rotatable bonds is 8. The number of aryl methyl sites for hydroxylation is 1. The smallest absolute Gasteiger partial charge is 0.241 e. The number of likely N-dealkylation sites (tertiary alicyclic amines) is 1. The average Bonchev–Trinajstić information content (AvgIpc) is 3.49. The number of amides is 2. The summed E-state index contributed by atoms with van der Waals surface area (Å²) in [5, 5.41) is 2.94. The van der Waals surface area contributed by atoms with Crippen molar-refractivity contribution in [2.45, 2.75) is 38.9 Å². The van der Waals surface area contributed by atoms with Gasteiger partial charge in [-0.3, -0.25) is 14.5 Å². The van der Waals surface area contributed by atoms with Crippen LogP contribution in [0.3, 0.4) is 0 Å². The van der Waals surface area contributed by atoms with Gasteiger partial charge in [-0.2, -0.15) is 0 Å². The van der Waals surface area contributed by atoms with E-state index in [2.05, 4.69) is 5.32 Å². The molecule has 6 nitrogen and oxygen atoms in total. The molecule has 1 aliphatic rings. The van der Waals surface area contributed by atoms with Crippen LogP contribution in [0, 0.1) is 6.92 Å². The third kappa shape index (κ3) is 5.45. The van der Waals surface area contributed by atoms with Crippen molar-refractivity contribution in [3.63, 3.8) is 0 Å². The molecular weight excluding hydrogens is 402 g/mol. The van der Waals surface area contributed by atoms with Crippen molar-refractivity contribution in [1.82, 2.24) is 10.2 Å². The third-order valence-electron chi connectivity index (χ3n) is 5.82. The molecule has 0 aliphatic carbocycles. The van der Waals surface area contributed by atoms with E-state index in [0.29, 0.717) is 18.8 Å². The topological polar surface area (TPSA) is 65.8 Å². The number of hydrogen-bond donors (Lipinski definition) is 1. The van der Waals surface area contributed by atoms with Crippen molar-refractivity contribution >= 4 is 17.5 Å². The Labute approximate surface area is 188 Å². The molecule has 2 aromatic carbocycles. The molecule has 1 atom stereocenters. The Kier molecular flexibility index (Phi) is 7.02. The predicted octanol–water partition coefficient (Wildman–Crippen LogP) is 3.90. The third-order valence-corrected chi connectivity index (χ3v) is 5.82. The Morgan fingerprint density at radius 2 is 1.94 bits per heavy atom. The summed E-state index contributed by atoms with van der Waals surface area (Å²) in [4.78, 5) is 30.1. The van der Waals surface area contributed by atoms with Crippen LogP contribution in [0.25, 0.3) is 0 Å². The molecule has 1 aromatic heterocycles.